The van der Waals surface area contributed by atoms with Gasteiger partial charge in [-0.1, -0.05) is 39.2 Å². The van der Waals surface area contributed by atoms with Crippen molar-refractivity contribution in [3.63, 3.8) is 0 Å². The molecule has 222 valence electrons. The van der Waals surface area contributed by atoms with Crippen LogP contribution < -0.4 is 10.9 Å². The van der Waals surface area contributed by atoms with Crippen LogP contribution in [0.2, 0.25) is 0 Å². The third-order valence-corrected chi connectivity index (χ3v) is 7.13. The van der Waals surface area contributed by atoms with Gasteiger partial charge in [-0.15, -0.1) is 0 Å². The van der Waals surface area contributed by atoms with Crippen molar-refractivity contribution in [3.05, 3.63) is 56.6 Å². The van der Waals surface area contributed by atoms with Gasteiger partial charge in [0.1, 0.15) is 24.4 Å². The van der Waals surface area contributed by atoms with E-state index in [1.54, 1.807) is 26.8 Å². The molecular formula is C25H33N6O9P. The van der Waals surface area contributed by atoms with Gasteiger partial charge in [-0.25, -0.2) is 9.78 Å². The number of aliphatic hydroxyl groups is 2. The zero-order valence-corrected chi connectivity index (χ0v) is 24.1. The van der Waals surface area contributed by atoms with E-state index in [1.807, 2.05) is 13.3 Å². The molecule has 1 fully saturated rings. The van der Waals surface area contributed by atoms with E-state index in [4.69, 9.17) is 14.0 Å². The number of H-pyrrole nitrogens is 1. The molecule has 3 aromatic rings. The third-order valence-electron chi connectivity index (χ3n) is 6.28. The van der Waals surface area contributed by atoms with Crippen molar-refractivity contribution in [1.29, 1.82) is 0 Å². The number of ether oxygens (including phenoxy) is 2. The zero-order valence-electron chi connectivity index (χ0n) is 23.2. The minimum Gasteiger partial charge on any atom is -0.440 e. The maximum atomic E-state index is 12.9. The van der Waals surface area contributed by atoms with E-state index >= 15 is 0 Å². The second-order valence-corrected chi connectivity index (χ2v) is 14.7. The van der Waals surface area contributed by atoms with Crippen LogP contribution in [0.4, 0.5) is 16.4 Å². The van der Waals surface area contributed by atoms with Crippen LogP contribution in [0, 0.1) is 15.5 Å². The molecule has 3 heterocycles. The summed E-state index contributed by atoms with van der Waals surface area (Å²) in [6.07, 6.45) is -1.62. The average molecular weight is 593 g/mol. The maximum Gasteiger partial charge on any atom is 0.414 e. The number of fused-ring (bicyclic) bond motifs is 1. The highest BCUT2D eigenvalue weighted by molar-refractivity contribution is 7.67. The number of benzene rings is 1. The molecular weight excluding hydrogens is 559 g/mol. The largest absolute Gasteiger partial charge is 0.440 e. The fourth-order valence-corrected chi connectivity index (χ4v) is 4.91. The van der Waals surface area contributed by atoms with Crippen molar-refractivity contribution in [2.24, 2.45) is 5.41 Å². The van der Waals surface area contributed by atoms with E-state index in [9.17, 15) is 29.9 Å². The number of carbonyl (C=O) groups excluding carboxylic acids is 1. The molecule has 1 aromatic carbocycles. The summed E-state index contributed by atoms with van der Waals surface area (Å²) in [5, 5.41) is 35.1. The van der Waals surface area contributed by atoms with Crippen molar-refractivity contribution in [3.8, 4) is 0 Å². The lowest BCUT2D eigenvalue weighted by Crippen LogP contribution is -2.33. The summed E-state index contributed by atoms with van der Waals surface area (Å²) >= 11 is 0. The fourth-order valence-electron chi connectivity index (χ4n) is 4.36. The number of nitrogens with zero attached hydrogens (tertiary/aromatic N) is 4. The lowest BCUT2D eigenvalue weighted by Gasteiger charge is -2.30. The van der Waals surface area contributed by atoms with Crippen LogP contribution in [-0.2, 0) is 14.0 Å². The molecule has 1 aliphatic rings. The SMILES string of the molecule is C=P(C)(C)OC[C@H]1O[C@@H](n2cnc3c(=O)[nH]c(NC(=O)OC(c4ccccc4[N+](=O)[O-])C(C)(C)C)nc32)[C@@H](O)C1O. The van der Waals surface area contributed by atoms with Gasteiger partial charge in [0.2, 0.25) is 5.95 Å². The summed E-state index contributed by atoms with van der Waals surface area (Å²) in [6.45, 7) is 8.94. The van der Waals surface area contributed by atoms with Crippen molar-refractivity contribution < 1.29 is 33.9 Å². The molecule has 4 rings (SSSR count). The van der Waals surface area contributed by atoms with Crippen molar-refractivity contribution >= 4 is 42.3 Å². The Morgan fingerprint density at radius 1 is 1.32 bits per heavy atom. The first-order valence-electron chi connectivity index (χ1n) is 12.6. The Morgan fingerprint density at radius 3 is 2.63 bits per heavy atom. The minimum atomic E-state index is -1.89. The number of nitro benzene ring substituents is 1. The number of imidazole rings is 1. The summed E-state index contributed by atoms with van der Waals surface area (Å²) < 4.78 is 18.4. The van der Waals surface area contributed by atoms with E-state index in [1.165, 1.54) is 29.1 Å². The van der Waals surface area contributed by atoms with Crippen LogP contribution in [0.1, 0.15) is 38.7 Å². The Balaban J connectivity index is 1.59. The number of nitro groups is 1. The molecule has 41 heavy (non-hydrogen) atoms. The molecule has 0 spiro atoms. The summed E-state index contributed by atoms with van der Waals surface area (Å²) in [5.74, 6) is -0.305. The number of para-hydroxylation sites is 1. The first-order valence-corrected chi connectivity index (χ1v) is 15.4. The Kier molecular flexibility index (Phi) is 8.39. The number of aromatic nitrogens is 4. The molecule has 0 aliphatic carbocycles. The van der Waals surface area contributed by atoms with Gasteiger partial charge >= 0.3 is 6.09 Å². The lowest BCUT2D eigenvalue weighted by atomic mass is 9.84. The maximum absolute atomic E-state index is 12.9. The number of aliphatic hydroxyl groups excluding tert-OH is 2. The van der Waals surface area contributed by atoms with Gasteiger partial charge in [-0.05, 0) is 26.5 Å². The monoisotopic (exact) mass is 592 g/mol. The second kappa shape index (κ2) is 11.3. The zero-order chi connectivity index (χ0) is 30.3. The van der Waals surface area contributed by atoms with E-state index in [0.717, 1.165) is 0 Å². The Labute approximate surface area is 234 Å². The Morgan fingerprint density at radius 2 is 2.00 bits per heavy atom. The van der Waals surface area contributed by atoms with Crippen LogP contribution >= 0.6 is 7.11 Å². The average Bonchev–Trinajstić information content (AvgIpc) is 3.41. The molecule has 2 unspecified atom stereocenters. The number of nitrogens with one attached hydrogen (secondary N) is 2. The highest BCUT2D eigenvalue weighted by Gasteiger charge is 2.44. The lowest BCUT2D eigenvalue weighted by molar-refractivity contribution is -0.386. The van der Waals surface area contributed by atoms with E-state index in [0.29, 0.717) is 0 Å². The summed E-state index contributed by atoms with van der Waals surface area (Å²) in [4.78, 5) is 47.4. The summed E-state index contributed by atoms with van der Waals surface area (Å²) in [7, 11) is -1.89. The van der Waals surface area contributed by atoms with Gasteiger partial charge in [0, 0.05) is 11.5 Å². The molecule has 0 saturated carbocycles. The molecule has 4 N–H and O–H groups in total. The molecule has 5 atom stereocenters. The number of anilines is 1. The third kappa shape index (κ3) is 6.66. The number of hydrogen-bond donors (Lipinski definition) is 4. The highest BCUT2D eigenvalue weighted by Crippen LogP contribution is 2.41. The van der Waals surface area contributed by atoms with Gasteiger partial charge in [0.05, 0.1) is 23.4 Å². The van der Waals surface area contributed by atoms with E-state index in [2.05, 4.69) is 26.6 Å². The molecule has 0 radical (unpaired) electrons. The minimum absolute atomic E-state index is 0.00713. The second-order valence-electron chi connectivity index (χ2n) is 11.2. The summed E-state index contributed by atoms with van der Waals surface area (Å²) in [6, 6.07) is 5.94. The number of rotatable bonds is 8. The Hall–Kier alpha value is -3.62. The van der Waals surface area contributed by atoms with Gasteiger partial charge in [-0.2, -0.15) is 4.98 Å². The first-order chi connectivity index (χ1) is 19.1. The van der Waals surface area contributed by atoms with Gasteiger partial charge in [0.25, 0.3) is 11.2 Å². The van der Waals surface area contributed by atoms with Gasteiger partial charge in [0.15, 0.2) is 17.4 Å². The van der Waals surface area contributed by atoms with Crippen LogP contribution in [0.3, 0.4) is 0 Å². The van der Waals surface area contributed by atoms with Crippen LogP contribution in [0.5, 0.6) is 0 Å². The van der Waals surface area contributed by atoms with E-state index < -0.39 is 59.7 Å². The predicted octanol–water partition coefficient (Wildman–Crippen LogP) is 2.62. The van der Waals surface area contributed by atoms with Crippen molar-refractivity contribution in [1.82, 2.24) is 19.5 Å². The standard InChI is InChI=1S/C25H33N6O9P/c1-25(2,3)19(13-9-7-8-10-14(13)31(36)37)40-24(35)29-23-27-20-16(21(34)28-23)26-12-30(20)22-18(33)17(32)15(39-22)11-38-41(4,5)6/h7-10,12,15,17-19,22,32-33H,4,11H2,1-3,5-6H3,(H2,27,28,29,34,35)/t15-,17?,18+,19?,22-/m1/s1. The summed E-state index contributed by atoms with van der Waals surface area (Å²) in [5.41, 5.74) is -1.60. The van der Waals surface area contributed by atoms with Gasteiger partial charge in [-0.3, -0.25) is 29.8 Å². The highest BCUT2D eigenvalue weighted by atomic mass is 31.2. The molecule has 0 bridgehead atoms. The first kappa shape index (κ1) is 30.3. The van der Waals surface area contributed by atoms with E-state index in [-0.39, 0.29) is 35.0 Å². The van der Waals surface area contributed by atoms with Crippen LogP contribution in [-0.4, -0.2) is 85.3 Å². The number of amides is 1. The topological polar surface area (TPSA) is 204 Å². The fraction of sp³-hybridized carbons (Fsp3) is 0.480. The molecule has 1 saturated heterocycles. The number of carbonyl (C=O) groups is 1. The quantitative estimate of drug-likeness (QED) is 0.170. The van der Waals surface area contributed by atoms with Gasteiger partial charge < -0.3 is 24.2 Å². The van der Waals surface area contributed by atoms with Crippen LogP contribution in [0.25, 0.3) is 11.2 Å². The van der Waals surface area contributed by atoms with Crippen molar-refractivity contribution in [2.75, 3.05) is 25.3 Å². The Bertz CT molecular complexity index is 1560. The molecule has 16 heteroatoms. The normalized spacial score (nSPS) is 22.0. The van der Waals surface area contributed by atoms with Crippen LogP contribution in [0.15, 0.2) is 35.4 Å². The molecule has 15 nitrogen and oxygen atoms in total. The predicted molar refractivity (Wildman–Crippen MR) is 151 cm³/mol. The molecule has 1 amide bonds. The number of aromatic amines is 1. The van der Waals surface area contributed by atoms with Crippen molar-refractivity contribution in [2.45, 2.75) is 51.4 Å². The molecule has 2 aromatic heterocycles. The number of hydrogen-bond acceptors (Lipinski definition) is 11. The molecule has 1 aliphatic heterocycles. The smallest absolute Gasteiger partial charge is 0.414 e.